The van der Waals surface area contributed by atoms with E-state index < -0.39 is 23.3 Å². The molecule has 2 atom stereocenters. The highest BCUT2D eigenvalue weighted by molar-refractivity contribution is 5.68. The number of carbonyl (C=O) groups excluding carboxylic acids is 1. The smallest absolute Gasteiger partial charge is 0.407 e. The van der Waals surface area contributed by atoms with Gasteiger partial charge in [-0.1, -0.05) is 6.07 Å². The summed E-state index contributed by atoms with van der Waals surface area (Å²) in [6.45, 7) is 6.79. The number of alkyl carbamates (subject to hydrolysis) is 1. The molecule has 1 aromatic rings. The van der Waals surface area contributed by atoms with Crippen LogP contribution in [0, 0.1) is 11.6 Å². The number of likely N-dealkylation sites (tertiary alicyclic amines) is 1. The molecule has 0 aliphatic carbocycles. The maximum absolute atomic E-state index is 13.5. The van der Waals surface area contributed by atoms with Crippen LogP contribution in [0.2, 0.25) is 0 Å². The van der Waals surface area contributed by atoms with Crippen LogP contribution in [-0.4, -0.2) is 54.0 Å². The van der Waals surface area contributed by atoms with E-state index in [2.05, 4.69) is 5.32 Å². The number of hydrogen-bond donors (Lipinski definition) is 2. The number of nitrogens with zero attached hydrogens (tertiary/aromatic N) is 1. The zero-order valence-electron chi connectivity index (χ0n) is 14.2. The maximum atomic E-state index is 13.5. The van der Waals surface area contributed by atoms with Crippen LogP contribution >= 0.6 is 0 Å². The summed E-state index contributed by atoms with van der Waals surface area (Å²) < 4.78 is 32.0. The van der Waals surface area contributed by atoms with E-state index in [-0.39, 0.29) is 18.6 Å². The first kappa shape index (κ1) is 18.6. The number of amides is 1. The van der Waals surface area contributed by atoms with Crippen molar-refractivity contribution in [1.29, 1.82) is 0 Å². The minimum absolute atomic E-state index is 0.0103. The van der Waals surface area contributed by atoms with E-state index in [1.807, 2.05) is 4.90 Å². The van der Waals surface area contributed by atoms with Crippen molar-refractivity contribution in [3.63, 3.8) is 0 Å². The Morgan fingerprint density at radius 1 is 1.33 bits per heavy atom. The number of aliphatic hydroxyl groups is 1. The minimum atomic E-state index is -0.913. The Bertz CT molecular complexity index is 590. The molecule has 0 unspecified atom stereocenters. The number of hydrogen-bond acceptors (Lipinski definition) is 4. The Morgan fingerprint density at radius 3 is 2.62 bits per heavy atom. The highest BCUT2D eigenvalue weighted by Crippen LogP contribution is 2.29. The van der Waals surface area contributed by atoms with E-state index >= 15 is 0 Å². The second kappa shape index (κ2) is 7.44. The fourth-order valence-electron chi connectivity index (χ4n) is 2.90. The van der Waals surface area contributed by atoms with E-state index in [0.29, 0.717) is 25.2 Å². The maximum Gasteiger partial charge on any atom is 0.407 e. The van der Waals surface area contributed by atoms with Gasteiger partial charge in [0, 0.05) is 25.6 Å². The molecule has 0 saturated carbocycles. The standard InChI is InChI=1S/C17H24F2N2O3/c1-17(2,3)24-16(23)20-15-10-21(6-7-22)9-12(15)11-4-5-13(18)14(19)8-11/h4-5,8,12,15,22H,6-7,9-10H2,1-3H3,(H,20,23)/t12-,15+/m0/s1. The summed E-state index contributed by atoms with van der Waals surface area (Å²) in [5.41, 5.74) is -0.0132. The zero-order chi connectivity index (χ0) is 17.9. The van der Waals surface area contributed by atoms with E-state index in [1.54, 1.807) is 20.8 Å². The van der Waals surface area contributed by atoms with E-state index in [4.69, 9.17) is 9.84 Å². The summed E-state index contributed by atoms with van der Waals surface area (Å²) >= 11 is 0. The third kappa shape index (κ3) is 4.88. The average molecular weight is 342 g/mol. The predicted molar refractivity (Wildman–Crippen MR) is 85.8 cm³/mol. The van der Waals surface area contributed by atoms with Crippen molar-refractivity contribution in [2.45, 2.75) is 38.3 Å². The normalized spacial score (nSPS) is 21.8. The van der Waals surface area contributed by atoms with Crippen LogP contribution in [0.3, 0.4) is 0 Å². The van der Waals surface area contributed by atoms with Gasteiger partial charge in [-0.25, -0.2) is 13.6 Å². The molecule has 0 aromatic heterocycles. The Morgan fingerprint density at radius 2 is 2.04 bits per heavy atom. The molecule has 0 radical (unpaired) electrons. The molecule has 134 valence electrons. The number of rotatable bonds is 4. The van der Waals surface area contributed by atoms with E-state index in [9.17, 15) is 13.6 Å². The molecule has 1 aliphatic rings. The predicted octanol–water partition coefficient (Wildman–Crippen LogP) is 2.25. The summed E-state index contributed by atoms with van der Waals surface area (Å²) in [4.78, 5) is 14.0. The molecule has 24 heavy (non-hydrogen) atoms. The van der Waals surface area contributed by atoms with Crippen molar-refractivity contribution in [2.75, 3.05) is 26.2 Å². The summed E-state index contributed by atoms with van der Waals surface area (Å²) in [5.74, 6) is -2.02. The third-order valence-electron chi connectivity index (χ3n) is 3.89. The van der Waals surface area contributed by atoms with Crippen LogP contribution in [-0.2, 0) is 4.74 Å². The van der Waals surface area contributed by atoms with Crippen molar-refractivity contribution in [1.82, 2.24) is 10.2 Å². The van der Waals surface area contributed by atoms with Gasteiger partial charge in [-0.3, -0.25) is 4.90 Å². The molecule has 1 heterocycles. The summed E-state index contributed by atoms with van der Waals surface area (Å²) in [5, 5.41) is 11.9. The van der Waals surface area contributed by atoms with Crippen LogP contribution < -0.4 is 5.32 Å². The van der Waals surface area contributed by atoms with Gasteiger partial charge in [-0.05, 0) is 38.5 Å². The van der Waals surface area contributed by atoms with Crippen molar-refractivity contribution < 1.29 is 23.4 Å². The summed E-state index contributed by atoms with van der Waals surface area (Å²) in [6, 6.07) is 3.46. The van der Waals surface area contributed by atoms with Crippen LogP contribution in [0.5, 0.6) is 0 Å². The van der Waals surface area contributed by atoms with Gasteiger partial charge in [0.05, 0.1) is 12.6 Å². The number of aliphatic hydroxyl groups excluding tert-OH is 1. The van der Waals surface area contributed by atoms with Crippen molar-refractivity contribution in [3.8, 4) is 0 Å². The van der Waals surface area contributed by atoms with Crippen LogP contribution in [0.4, 0.5) is 13.6 Å². The van der Waals surface area contributed by atoms with E-state index in [0.717, 1.165) is 12.1 Å². The third-order valence-corrected chi connectivity index (χ3v) is 3.89. The first-order valence-electron chi connectivity index (χ1n) is 7.97. The lowest BCUT2D eigenvalue weighted by Crippen LogP contribution is -2.42. The first-order valence-corrected chi connectivity index (χ1v) is 7.97. The fraction of sp³-hybridized carbons (Fsp3) is 0.588. The number of benzene rings is 1. The van der Waals surface area contributed by atoms with Gasteiger partial charge < -0.3 is 15.2 Å². The Hall–Kier alpha value is -1.73. The number of halogens is 2. The summed E-state index contributed by atoms with van der Waals surface area (Å²) in [6.07, 6.45) is -0.550. The highest BCUT2D eigenvalue weighted by atomic mass is 19.2. The number of carbonyl (C=O) groups is 1. The Kier molecular flexibility index (Phi) is 5.77. The monoisotopic (exact) mass is 342 g/mol. The van der Waals surface area contributed by atoms with Gasteiger partial charge in [-0.15, -0.1) is 0 Å². The number of β-amino-alcohol motifs (C(OH)–C–C–N with tert-alkyl or cyclic N) is 1. The van der Waals surface area contributed by atoms with E-state index in [1.165, 1.54) is 6.07 Å². The summed E-state index contributed by atoms with van der Waals surface area (Å²) in [7, 11) is 0. The molecule has 1 saturated heterocycles. The van der Waals surface area contributed by atoms with Gasteiger partial charge in [0.2, 0.25) is 0 Å². The second-order valence-electron chi connectivity index (χ2n) is 7.02. The molecule has 2 rings (SSSR count). The quantitative estimate of drug-likeness (QED) is 0.881. The van der Waals surface area contributed by atoms with Gasteiger partial charge in [0.25, 0.3) is 0 Å². The number of nitrogens with one attached hydrogen (secondary N) is 1. The molecule has 1 fully saturated rings. The fourth-order valence-corrected chi connectivity index (χ4v) is 2.90. The first-order chi connectivity index (χ1) is 11.2. The molecular formula is C17H24F2N2O3. The lowest BCUT2D eigenvalue weighted by atomic mass is 9.94. The van der Waals surface area contributed by atoms with Gasteiger partial charge in [0.1, 0.15) is 5.60 Å². The van der Waals surface area contributed by atoms with Gasteiger partial charge in [0.15, 0.2) is 11.6 Å². The topological polar surface area (TPSA) is 61.8 Å². The van der Waals surface area contributed by atoms with Crippen LogP contribution in [0.1, 0.15) is 32.3 Å². The van der Waals surface area contributed by atoms with Gasteiger partial charge in [-0.2, -0.15) is 0 Å². The van der Waals surface area contributed by atoms with Gasteiger partial charge >= 0.3 is 6.09 Å². The molecule has 1 aromatic carbocycles. The Balaban J connectivity index is 2.15. The lowest BCUT2D eigenvalue weighted by molar-refractivity contribution is 0.0502. The largest absolute Gasteiger partial charge is 0.444 e. The molecule has 1 aliphatic heterocycles. The Labute approximate surface area is 140 Å². The molecule has 1 amide bonds. The minimum Gasteiger partial charge on any atom is -0.444 e. The second-order valence-corrected chi connectivity index (χ2v) is 7.02. The molecule has 7 heteroatoms. The molecule has 0 spiro atoms. The lowest BCUT2D eigenvalue weighted by Gasteiger charge is -2.24. The average Bonchev–Trinajstić information content (AvgIpc) is 2.82. The van der Waals surface area contributed by atoms with Crippen LogP contribution in [0.15, 0.2) is 18.2 Å². The zero-order valence-corrected chi connectivity index (χ0v) is 14.2. The van der Waals surface area contributed by atoms with Crippen molar-refractivity contribution in [3.05, 3.63) is 35.4 Å². The molecular weight excluding hydrogens is 318 g/mol. The number of ether oxygens (including phenoxy) is 1. The molecule has 2 N–H and O–H groups in total. The van der Waals surface area contributed by atoms with Crippen molar-refractivity contribution in [2.24, 2.45) is 0 Å². The van der Waals surface area contributed by atoms with Crippen LogP contribution in [0.25, 0.3) is 0 Å². The molecule has 0 bridgehead atoms. The SMILES string of the molecule is CC(C)(C)OC(=O)N[C@@H]1CN(CCO)C[C@H]1c1ccc(F)c(F)c1. The van der Waals surface area contributed by atoms with Crippen molar-refractivity contribution >= 4 is 6.09 Å². The molecule has 5 nitrogen and oxygen atoms in total. The highest BCUT2D eigenvalue weighted by Gasteiger charge is 2.35.